The van der Waals surface area contributed by atoms with Gasteiger partial charge in [-0.2, -0.15) is 0 Å². The van der Waals surface area contributed by atoms with Crippen molar-refractivity contribution in [2.45, 2.75) is 98.2 Å². The third-order valence-electron chi connectivity index (χ3n) is 7.29. The normalized spacial score (nSPS) is 34.8. The van der Waals surface area contributed by atoms with Crippen molar-refractivity contribution < 1.29 is 14.6 Å². The quantitative estimate of drug-likeness (QED) is 0.449. The second-order valence-corrected chi connectivity index (χ2v) is 10.1. The lowest BCUT2D eigenvalue weighted by molar-refractivity contribution is -0.163. The van der Waals surface area contributed by atoms with E-state index in [1.54, 1.807) is 6.08 Å². The number of carbonyl (C=O) groups is 1. The minimum atomic E-state index is -0.833. The highest BCUT2D eigenvalue weighted by Gasteiger charge is 2.56. The van der Waals surface area contributed by atoms with Crippen LogP contribution in [0, 0.1) is 22.7 Å². The molecule has 0 spiro atoms. The molecule has 2 rings (SSSR count). The Morgan fingerprint density at radius 3 is 2.67 bits per heavy atom. The Balaban J connectivity index is 2.37. The Hall–Kier alpha value is -1.09. The van der Waals surface area contributed by atoms with E-state index in [9.17, 15) is 9.90 Å². The molecule has 0 saturated heterocycles. The number of hydrogen-bond donors (Lipinski definition) is 1. The predicted molar refractivity (Wildman–Crippen MR) is 111 cm³/mol. The molecule has 0 bridgehead atoms. The number of hydrogen-bond acceptors (Lipinski definition) is 3. The zero-order valence-electron chi connectivity index (χ0n) is 18.3. The maximum atomic E-state index is 12.3. The Kier molecular flexibility index (Phi) is 6.67. The Bertz CT molecular complexity index is 586. The fraction of sp³-hybridized carbons (Fsp3) is 0.792. The van der Waals surface area contributed by atoms with Gasteiger partial charge >= 0.3 is 5.97 Å². The Morgan fingerprint density at radius 1 is 1.41 bits per heavy atom. The highest BCUT2D eigenvalue weighted by Crippen LogP contribution is 2.61. The molecule has 3 nitrogen and oxygen atoms in total. The molecule has 5 unspecified atom stereocenters. The molecule has 27 heavy (non-hydrogen) atoms. The predicted octanol–water partition coefficient (Wildman–Crippen LogP) is 5.82. The molecule has 5 atom stereocenters. The SMILES string of the molecule is C=CC(C)(O)CCC1C(C)=CC(OC(=O)CCC)C2C(C)(C)CCCC12C. The maximum absolute atomic E-state index is 12.3. The minimum Gasteiger partial charge on any atom is -0.458 e. The average molecular weight is 377 g/mol. The minimum absolute atomic E-state index is 0.0784. The van der Waals surface area contributed by atoms with Crippen LogP contribution in [0.1, 0.15) is 86.5 Å². The van der Waals surface area contributed by atoms with Crippen LogP contribution in [0.5, 0.6) is 0 Å². The van der Waals surface area contributed by atoms with E-state index in [1.807, 2.05) is 13.8 Å². The number of carbonyl (C=O) groups excluding carboxylic acids is 1. The van der Waals surface area contributed by atoms with Gasteiger partial charge in [-0.25, -0.2) is 0 Å². The van der Waals surface area contributed by atoms with Crippen molar-refractivity contribution in [3.63, 3.8) is 0 Å². The van der Waals surface area contributed by atoms with Gasteiger partial charge in [-0.15, -0.1) is 6.58 Å². The van der Waals surface area contributed by atoms with E-state index in [4.69, 9.17) is 4.74 Å². The lowest BCUT2D eigenvalue weighted by Gasteiger charge is -2.59. The van der Waals surface area contributed by atoms with Crippen LogP contribution in [0.25, 0.3) is 0 Å². The molecule has 154 valence electrons. The lowest BCUT2D eigenvalue weighted by Crippen LogP contribution is -2.55. The van der Waals surface area contributed by atoms with Gasteiger partial charge in [0, 0.05) is 12.3 Å². The maximum Gasteiger partial charge on any atom is 0.306 e. The number of fused-ring (bicyclic) bond motifs is 1. The Labute approximate surface area is 166 Å². The molecular formula is C24H40O3. The number of allylic oxidation sites excluding steroid dienone is 1. The van der Waals surface area contributed by atoms with E-state index in [0.717, 1.165) is 19.3 Å². The third kappa shape index (κ3) is 4.67. The highest BCUT2D eigenvalue weighted by molar-refractivity contribution is 5.69. The number of esters is 1. The summed E-state index contributed by atoms with van der Waals surface area (Å²) in [6.45, 7) is 16.9. The molecule has 1 saturated carbocycles. The lowest BCUT2D eigenvalue weighted by atomic mass is 9.47. The van der Waals surface area contributed by atoms with Gasteiger partial charge in [0.1, 0.15) is 6.10 Å². The molecule has 0 aromatic rings. The smallest absolute Gasteiger partial charge is 0.306 e. The summed E-state index contributed by atoms with van der Waals surface area (Å²) in [4.78, 5) is 12.3. The number of aliphatic hydroxyl groups is 1. The zero-order valence-corrected chi connectivity index (χ0v) is 18.3. The van der Waals surface area contributed by atoms with E-state index >= 15 is 0 Å². The first-order chi connectivity index (χ1) is 12.5. The van der Waals surface area contributed by atoms with Crippen LogP contribution in [0.3, 0.4) is 0 Å². The average Bonchev–Trinajstić information content (AvgIpc) is 2.53. The van der Waals surface area contributed by atoms with Gasteiger partial charge in [-0.05, 0) is 68.8 Å². The topological polar surface area (TPSA) is 46.5 Å². The monoisotopic (exact) mass is 376 g/mol. The van der Waals surface area contributed by atoms with Gasteiger partial charge < -0.3 is 9.84 Å². The van der Waals surface area contributed by atoms with E-state index in [-0.39, 0.29) is 22.9 Å². The second kappa shape index (κ2) is 8.11. The van der Waals surface area contributed by atoms with Crippen molar-refractivity contribution >= 4 is 5.97 Å². The van der Waals surface area contributed by atoms with Gasteiger partial charge in [0.2, 0.25) is 0 Å². The highest BCUT2D eigenvalue weighted by atomic mass is 16.5. The van der Waals surface area contributed by atoms with E-state index in [2.05, 4.69) is 40.3 Å². The van der Waals surface area contributed by atoms with Crippen LogP contribution in [0.15, 0.2) is 24.3 Å². The largest absolute Gasteiger partial charge is 0.458 e. The zero-order chi connectivity index (χ0) is 20.5. The molecule has 0 aromatic heterocycles. The summed E-state index contributed by atoms with van der Waals surface area (Å²) in [6.07, 6.45) is 10.2. The first kappa shape index (κ1) is 22.2. The van der Waals surface area contributed by atoms with Gasteiger partial charge in [0.05, 0.1) is 5.60 Å². The number of rotatable bonds is 7. The Morgan fingerprint density at radius 2 is 2.07 bits per heavy atom. The summed E-state index contributed by atoms with van der Waals surface area (Å²) in [7, 11) is 0. The van der Waals surface area contributed by atoms with Gasteiger partial charge in [0.15, 0.2) is 0 Å². The summed E-state index contributed by atoms with van der Waals surface area (Å²) in [5, 5.41) is 10.4. The molecule has 0 aliphatic heterocycles. The van der Waals surface area contributed by atoms with Crippen LogP contribution >= 0.6 is 0 Å². The van der Waals surface area contributed by atoms with Crippen molar-refractivity contribution in [2.24, 2.45) is 22.7 Å². The van der Waals surface area contributed by atoms with Crippen LogP contribution in [-0.2, 0) is 9.53 Å². The molecule has 1 N–H and O–H groups in total. The summed E-state index contributed by atoms with van der Waals surface area (Å²) < 4.78 is 6.01. The molecule has 0 radical (unpaired) electrons. The summed E-state index contributed by atoms with van der Waals surface area (Å²) in [6, 6.07) is 0. The molecule has 1 fully saturated rings. The fourth-order valence-corrected chi connectivity index (χ4v) is 5.94. The van der Waals surface area contributed by atoms with Crippen molar-refractivity contribution in [3.05, 3.63) is 24.3 Å². The summed E-state index contributed by atoms with van der Waals surface area (Å²) in [5.74, 6) is 0.625. The van der Waals surface area contributed by atoms with Crippen molar-refractivity contribution in [1.29, 1.82) is 0 Å². The molecule has 0 heterocycles. The van der Waals surface area contributed by atoms with Crippen LogP contribution in [0.2, 0.25) is 0 Å². The molecule has 2 aliphatic carbocycles. The van der Waals surface area contributed by atoms with Crippen LogP contribution in [0.4, 0.5) is 0 Å². The molecule has 2 aliphatic rings. The fourth-order valence-electron chi connectivity index (χ4n) is 5.94. The second-order valence-electron chi connectivity index (χ2n) is 10.1. The van der Waals surface area contributed by atoms with E-state index in [1.165, 1.54) is 18.4 Å². The van der Waals surface area contributed by atoms with Gasteiger partial charge in [-0.1, -0.05) is 45.8 Å². The van der Waals surface area contributed by atoms with Crippen molar-refractivity contribution in [3.8, 4) is 0 Å². The van der Waals surface area contributed by atoms with Crippen LogP contribution < -0.4 is 0 Å². The molecule has 0 aromatic carbocycles. The van der Waals surface area contributed by atoms with Crippen molar-refractivity contribution in [1.82, 2.24) is 0 Å². The van der Waals surface area contributed by atoms with Gasteiger partial charge in [-0.3, -0.25) is 4.79 Å². The number of ether oxygens (including phenoxy) is 1. The van der Waals surface area contributed by atoms with E-state index < -0.39 is 5.60 Å². The molecule has 0 amide bonds. The van der Waals surface area contributed by atoms with E-state index in [0.29, 0.717) is 24.7 Å². The first-order valence-corrected chi connectivity index (χ1v) is 10.7. The summed E-state index contributed by atoms with van der Waals surface area (Å²) in [5.41, 5.74) is 0.677. The summed E-state index contributed by atoms with van der Waals surface area (Å²) >= 11 is 0. The molecule has 3 heteroatoms. The van der Waals surface area contributed by atoms with Crippen LogP contribution in [-0.4, -0.2) is 22.8 Å². The van der Waals surface area contributed by atoms with Crippen molar-refractivity contribution in [2.75, 3.05) is 0 Å². The third-order valence-corrected chi connectivity index (χ3v) is 7.29. The molecular weight excluding hydrogens is 336 g/mol. The van der Waals surface area contributed by atoms with Gasteiger partial charge in [0.25, 0.3) is 0 Å². The standard InChI is InChI=1S/C24H40O3/c1-8-11-20(25)27-19-16-17(3)18(12-15-23(6,26)9-2)24(7)14-10-13-22(4,5)21(19)24/h9,16,18-19,21,26H,2,8,10-15H2,1,3-7H3. The first-order valence-electron chi connectivity index (χ1n) is 10.7.